The summed E-state index contributed by atoms with van der Waals surface area (Å²) in [6.07, 6.45) is 5.93. The van der Waals surface area contributed by atoms with E-state index in [2.05, 4.69) is 16.1 Å². The minimum absolute atomic E-state index is 0.433. The van der Waals surface area contributed by atoms with Gasteiger partial charge in [0.25, 0.3) is 0 Å². The number of fused-ring (bicyclic) bond motifs is 1. The summed E-state index contributed by atoms with van der Waals surface area (Å²) in [4.78, 5) is 2.53. The maximum absolute atomic E-state index is 6.23. The second-order valence-corrected chi connectivity index (χ2v) is 5.69. The van der Waals surface area contributed by atoms with Crippen molar-refractivity contribution in [3.05, 3.63) is 18.0 Å². The van der Waals surface area contributed by atoms with E-state index in [4.69, 9.17) is 5.73 Å². The number of aromatic nitrogens is 2. The Morgan fingerprint density at radius 1 is 1.41 bits per heavy atom. The van der Waals surface area contributed by atoms with Crippen molar-refractivity contribution in [3.63, 3.8) is 0 Å². The molecule has 1 saturated heterocycles. The van der Waals surface area contributed by atoms with Crippen LogP contribution in [0.25, 0.3) is 0 Å². The van der Waals surface area contributed by atoms with Gasteiger partial charge in [-0.3, -0.25) is 9.58 Å². The fourth-order valence-corrected chi connectivity index (χ4v) is 3.51. The van der Waals surface area contributed by atoms with Gasteiger partial charge >= 0.3 is 0 Å². The van der Waals surface area contributed by atoms with E-state index in [1.807, 2.05) is 17.9 Å². The lowest BCUT2D eigenvalue weighted by atomic mass is 9.78. The summed E-state index contributed by atoms with van der Waals surface area (Å²) >= 11 is 0. The van der Waals surface area contributed by atoms with Crippen LogP contribution in [0.15, 0.2) is 12.3 Å². The Morgan fingerprint density at radius 2 is 2.29 bits per heavy atom. The van der Waals surface area contributed by atoms with Gasteiger partial charge in [-0.1, -0.05) is 6.42 Å². The van der Waals surface area contributed by atoms with Crippen LogP contribution in [-0.2, 0) is 13.6 Å². The molecule has 1 aromatic rings. The Kier molecular flexibility index (Phi) is 2.92. The Morgan fingerprint density at radius 3 is 3.00 bits per heavy atom. The third-order valence-electron chi connectivity index (χ3n) is 4.38. The molecule has 0 radical (unpaired) electrons. The van der Waals surface area contributed by atoms with Crippen LogP contribution in [0.4, 0.5) is 0 Å². The number of likely N-dealkylation sites (tertiary alicyclic amines) is 1. The molecule has 1 aliphatic carbocycles. The van der Waals surface area contributed by atoms with Crippen LogP contribution in [0.2, 0.25) is 0 Å². The lowest BCUT2D eigenvalue weighted by Gasteiger charge is -2.29. The first kappa shape index (κ1) is 11.2. The van der Waals surface area contributed by atoms with E-state index < -0.39 is 0 Å². The van der Waals surface area contributed by atoms with Crippen molar-refractivity contribution in [2.75, 3.05) is 13.1 Å². The molecule has 3 atom stereocenters. The van der Waals surface area contributed by atoms with Crippen LogP contribution in [-0.4, -0.2) is 33.8 Å². The molecule has 0 aromatic carbocycles. The number of rotatable bonds is 2. The number of hydrogen-bond donors (Lipinski definition) is 1. The Balaban J connectivity index is 1.63. The molecular formula is C13H22N4. The molecule has 2 N–H and O–H groups in total. The lowest BCUT2D eigenvalue weighted by Crippen LogP contribution is -2.38. The van der Waals surface area contributed by atoms with E-state index in [0.717, 1.165) is 18.4 Å². The van der Waals surface area contributed by atoms with Gasteiger partial charge < -0.3 is 5.73 Å². The second-order valence-electron chi connectivity index (χ2n) is 5.69. The minimum atomic E-state index is 0.433. The smallest absolute Gasteiger partial charge is 0.0764 e. The zero-order valence-corrected chi connectivity index (χ0v) is 10.5. The van der Waals surface area contributed by atoms with Gasteiger partial charge in [-0.2, -0.15) is 5.10 Å². The molecule has 94 valence electrons. The van der Waals surface area contributed by atoms with Gasteiger partial charge in [0.05, 0.1) is 5.69 Å². The number of hydrogen-bond acceptors (Lipinski definition) is 3. The van der Waals surface area contributed by atoms with E-state index >= 15 is 0 Å². The van der Waals surface area contributed by atoms with Crippen molar-refractivity contribution in [2.45, 2.75) is 31.8 Å². The zero-order chi connectivity index (χ0) is 11.8. The van der Waals surface area contributed by atoms with Gasteiger partial charge in [-0.15, -0.1) is 0 Å². The number of nitrogens with zero attached hydrogens (tertiary/aromatic N) is 3. The normalized spacial score (nSPS) is 33.9. The summed E-state index contributed by atoms with van der Waals surface area (Å²) < 4.78 is 1.88. The van der Waals surface area contributed by atoms with Crippen LogP contribution in [0.5, 0.6) is 0 Å². The fraction of sp³-hybridized carbons (Fsp3) is 0.769. The first-order valence-corrected chi connectivity index (χ1v) is 6.69. The highest BCUT2D eigenvalue weighted by Gasteiger charge is 2.38. The van der Waals surface area contributed by atoms with Crippen molar-refractivity contribution in [1.29, 1.82) is 0 Å². The molecule has 1 aliphatic heterocycles. The summed E-state index contributed by atoms with van der Waals surface area (Å²) in [7, 11) is 1.98. The summed E-state index contributed by atoms with van der Waals surface area (Å²) in [6.45, 7) is 3.37. The monoisotopic (exact) mass is 234 g/mol. The Bertz CT molecular complexity index is 387. The summed E-state index contributed by atoms with van der Waals surface area (Å²) in [5.41, 5.74) is 7.41. The van der Waals surface area contributed by atoms with Crippen LogP contribution in [0.1, 0.15) is 25.0 Å². The van der Waals surface area contributed by atoms with Crippen LogP contribution in [0, 0.1) is 11.8 Å². The van der Waals surface area contributed by atoms with Gasteiger partial charge in [-0.25, -0.2) is 0 Å². The van der Waals surface area contributed by atoms with Crippen molar-refractivity contribution < 1.29 is 0 Å². The molecule has 2 fully saturated rings. The summed E-state index contributed by atoms with van der Waals surface area (Å²) in [5, 5.41) is 4.45. The van der Waals surface area contributed by atoms with Gasteiger partial charge in [-0.05, 0) is 30.7 Å². The van der Waals surface area contributed by atoms with E-state index in [0.29, 0.717) is 6.04 Å². The summed E-state index contributed by atoms with van der Waals surface area (Å²) in [6, 6.07) is 2.55. The Hall–Kier alpha value is -0.870. The molecule has 2 heterocycles. The highest BCUT2D eigenvalue weighted by Crippen LogP contribution is 2.35. The predicted molar refractivity (Wildman–Crippen MR) is 67.3 cm³/mol. The molecule has 0 unspecified atom stereocenters. The maximum Gasteiger partial charge on any atom is 0.0764 e. The third-order valence-corrected chi connectivity index (χ3v) is 4.38. The number of nitrogens with two attached hydrogens (primary N) is 1. The van der Waals surface area contributed by atoms with Gasteiger partial charge in [0.1, 0.15) is 0 Å². The second kappa shape index (κ2) is 4.42. The molecule has 2 aliphatic rings. The minimum Gasteiger partial charge on any atom is -0.327 e. The quantitative estimate of drug-likeness (QED) is 0.830. The van der Waals surface area contributed by atoms with Crippen molar-refractivity contribution in [2.24, 2.45) is 24.6 Å². The standard InChI is InChI=1S/C13H22N4/c1-16-6-5-11(15-16)8-17-7-10-3-2-4-13(14)12(10)9-17/h5-6,10,12-13H,2-4,7-9,14H2,1H3/t10-,12-,13-/m0/s1. The zero-order valence-electron chi connectivity index (χ0n) is 10.5. The van der Waals surface area contributed by atoms with Crippen LogP contribution in [0.3, 0.4) is 0 Å². The van der Waals surface area contributed by atoms with E-state index in [-0.39, 0.29) is 0 Å². The highest BCUT2D eigenvalue weighted by atomic mass is 15.3. The molecule has 1 saturated carbocycles. The van der Waals surface area contributed by atoms with Crippen LogP contribution < -0.4 is 5.73 Å². The Labute approximate surface area is 103 Å². The molecule has 4 heteroatoms. The first-order valence-electron chi connectivity index (χ1n) is 6.69. The molecule has 0 bridgehead atoms. The highest BCUT2D eigenvalue weighted by molar-refractivity contribution is 5.01. The van der Waals surface area contributed by atoms with Crippen molar-refractivity contribution in [1.82, 2.24) is 14.7 Å². The van der Waals surface area contributed by atoms with E-state index in [1.54, 1.807) is 0 Å². The molecule has 3 rings (SSSR count). The molecule has 0 amide bonds. The van der Waals surface area contributed by atoms with Crippen molar-refractivity contribution >= 4 is 0 Å². The molecule has 0 spiro atoms. The molecule has 4 nitrogen and oxygen atoms in total. The predicted octanol–water partition coefficient (Wildman–Crippen LogP) is 0.979. The SMILES string of the molecule is Cn1ccc(CN2C[C@@H]3CCC[C@H](N)[C@H]3C2)n1. The summed E-state index contributed by atoms with van der Waals surface area (Å²) in [5.74, 6) is 1.56. The first-order chi connectivity index (χ1) is 8.22. The third kappa shape index (κ3) is 2.24. The topological polar surface area (TPSA) is 47.1 Å². The average molecular weight is 234 g/mol. The van der Waals surface area contributed by atoms with E-state index in [1.165, 1.54) is 38.0 Å². The van der Waals surface area contributed by atoms with Gasteiger partial charge in [0, 0.05) is 38.9 Å². The molecular weight excluding hydrogens is 212 g/mol. The molecule has 17 heavy (non-hydrogen) atoms. The number of aryl methyl sites for hydroxylation is 1. The fourth-order valence-electron chi connectivity index (χ4n) is 3.51. The van der Waals surface area contributed by atoms with Gasteiger partial charge in [0.2, 0.25) is 0 Å². The van der Waals surface area contributed by atoms with E-state index in [9.17, 15) is 0 Å². The van der Waals surface area contributed by atoms with Crippen LogP contribution >= 0.6 is 0 Å². The average Bonchev–Trinajstić information content (AvgIpc) is 2.86. The van der Waals surface area contributed by atoms with Crippen molar-refractivity contribution in [3.8, 4) is 0 Å². The van der Waals surface area contributed by atoms with Gasteiger partial charge in [0.15, 0.2) is 0 Å². The maximum atomic E-state index is 6.23. The largest absolute Gasteiger partial charge is 0.327 e. The molecule has 1 aromatic heterocycles. The lowest BCUT2D eigenvalue weighted by molar-refractivity contribution is 0.259.